The van der Waals surface area contributed by atoms with Gasteiger partial charge >= 0.3 is 0 Å². The number of hydrogen-bond acceptors (Lipinski definition) is 5. The van der Waals surface area contributed by atoms with Crippen LogP contribution in [0.5, 0.6) is 10.9 Å². The van der Waals surface area contributed by atoms with Crippen LogP contribution in [0.25, 0.3) is 10.2 Å². The van der Waals surface area contributed by atoms with E-state index in [0.717, 1.165) is 48.4 Å². The van der Waals surface area contributed by atoms with Gasteiger partial charge < -0.3 is 10.5 Å². The summed E-state index contributed by atoms with van der Waals surface area (Å²) < 4.78 is 7.05. The lowest BCUT2D eigenvalue weighted by Gasteiger charge is -2.30. The topological polar surface area (TPSA) is 51.4 Å². The average Bonchev–Trinajstić information content (AvgIpc) is 3.01. The molecule has 2 aromatic carbocycles. The van der Waals surface area contributed by atoms with Gasteiger partial charge in [-0.25, -0.2) is 4.98 Å². The molecule has 0 amide bonds. The van der Waals surface area contributed by atoms with E-state index >= 15 is 0 Å². The van der Waals surface area contributed by atoms with Crippen molar-refractivity contribution in [1.82, 2.24) is 9.88 Å². The Kier molecular flexibility index (Phi) is 7.68. The van der Waals surface area contributed by atoms with Crippen LogP contribution in [0.4, 0.5) is 0 Å². The second-order valence-electron chi connectivity index (χ2n) is 6.31. The number of thiazole rings is 1. The van der Waals surface area contributed by atoms with Gasteiger partial charge in [-0.15, -0.1) is 24.8 Å². The molecular weight excluding hydrogens is 389 g/mol. The Labute approximate surface area is 170 Å². The van der Waals surface area contributed by atoms with Crippen LogP contribution in [0.3, 0.4) is 0 Å². The van der Waals surface area contributed by atoms with E-state index in [-0.39, 0.29) is 24.8 Å². The van der Waals surface area contributed by atoms with Crippen molar-refractivity contribution in [2.75, 3.05) is 13.1 Å². The van der Waals surface area contributed by atoms with Gasteiger partial charge in [-0.05, 0) is 55.8 Å². The first-order valence-corrected chi connectivity index (χ1v) is 9.18. The molecule has 2 heterocycles. The second kappa shape index (κ2) is 9.53. The Morgan fingerprint density at radius 1 is 1.04 bits per heavy atom. The van der Waals surface area contributed by atoms with Crippen molar-refractivity contribution in [3.8, 4) is 10.9 Å². The fourth-order valence-electron chi connectivity index (χ4n) is 3.03. The minimum absolute atomic E-state index is 0. The standard InChI is InChI=1S/C19H21N3OS.2ClH/c20-15-9-11-22(12-10-15)13-14-5-7-16(8-6-14)23-19-21-17-3-1-2-4-18(17)24-19;;/h1-8,15H,9-13,20H2;2*1H. The number of likely N-dealkylation sites (tertiary alicyclic amines) is 1. The van der Waals surface area contributed by atoms with Crippen LogP contribution in [-0.4, -0.2) is 29.0 Å². The van der Waals surface area contributed by atoms with Crippen LogP contribution in [0.2, 0.25) is 0 Å². The van der Waals surface area contributed by atoms with Crippen molar-refractivity contribution < 1.29 is 4.74 Å². The van der Waals surface area contributed by atoms with Crippen molar-refractivity contribution >= 4 is 46.4 Å². The number of nitrogens with zero attached hydrogens (tertiary/aromatic N) is 2. The Morgan fingerprint density at radius 3 is 2.42 bits per heavy atom. The highest BCUT2D eigenvalue weighted by molar-refractivity contribution is 7.20. The van der Waals surface area contributed by atoms with Gasteiger partial charge in [-0.2, -0.15) is 0 Å². The molecule has 1 aliphatic heterocycles. The largest absolute Gasteiger partial charge is 0.431 e. The van der Waals surface area contributed by atoms with Gasteiger partial charge in [0.2, 0.25) is 0 Å². The van der Waals surface area contributed by atoms with E-state index in [1.165, 1.54) is 5.56 Å². The van der Waals surface area contributed by atoms with Gasteiger partial charge in [0.25, 0.3) is 5.19 Å². The van der Waals surface area contributed by atoms with E-state index < -0.39 is 0 Å². The first kappa shape index (κ1) is 20.9. The molecule has 140 valence electrons. The summed E-state index contributed by atoms with van der Waals surface area (Å²) in [5.74, 6) is 0.832. The van der Waals surface area contributed by atoms with Crippen LogP contribution in [0.15, 0.2) is 48.5 Å². The fourth-order valence-corrected chi connectivity index (χ4v) is 3.86. The van der Waals surface area contributed by atoms with E-state index in [1.807, 2.05) is 30.3 Å². The highest BCUT2D eigenvalue weighted by Gasteiger charge is 2.15. The maximum atomic E-state index is 5.96. The van der Waals surface area contributed by atoms with E-state index in [1.54, 1.807) is 11.3 Å². The molecule has 26 heavy (non-hydrogen) atoms. The maximum Gasteiger partial charge on any atom is 0.279 e. The number of halogens is 2. The Bertz CT molecular complexity index is 784. The zero-order chi connectivity index (χ0) is 16.4. The predicted molar refractivity (Wildman–Crippen MR) is 113 cm³/mol. The average molecular weight is 412 g/mol. The molecular formula is C19H23Cl2N3OS. The van der Waals surface area contributed by atoms with Crippen LogP contribution in [0.1, 0.15) is 18.4 Å². The zero-order valence-electron chi connectivity index (χ0n) is 14.3. The van der Waals surface area contributed by atoms with E-state index in [0.29, 0.717) is 11.2 Å². The van der Waals surface area contributed by atoms with Crippen LogP contribution >= 0.6 is 36.2 Å². The molecule has 0 bridgehead atoms. The van der Waals surface area contributed by atoms with Crippen molar-refractivity contribution in [2.45, 2.75) is 25.4 Å². The van der Waals surface area contributed by atoms with Gasteiger partial charge in [-0.3, -0.25) is 4.90 Å². The second-order valence-corrected chi connectivity index (χ2v) is 7.30. The third kappa shape index (κ3) is 5.09. The summed E-state index contributed by atoms with van der Waals surface area (Å²) in [6.45, 7) is 3.16. The monoisotopic (exact) mass is 411 g/mol. The summed E-state index contributed by atoms with van der Waals surface area (Å²) in [5.41, 5.74) is 8.25. The number of fused-ring (bicyclic) bond motifs is 1. The highest BCUT2D eigenvalue weighted by Crippen LogP contribution is 2.31. The first-order valence-electron chi connectivity index (χ1n) is 8.36. The number of rotatable bonds is 4. The maximum absolute atomic E-state index is 5.96. The van der Waals surface area contributed by atoms with Gasteiger partial charge in [0.1, 0.15) is 5.75 Å². The third-order valence-electron chi connectivity index (χ3n) is 4.44. The van der Waals surface area contributed by atoms with Gasteiger partial charge in [0.05, 0.1) is 10.2 Å². The molecule has 1 aliphatic rings. The number of aromatic nitrogens is 1. The molecule has 7 heteroatoms. The normalized spacial score (nSPS) is 15.3. The number of nitrogens with two attached hydrogens (primary N) is 1. The molecule has 0 saturated carbocycles. The Hall–Kier alpha value is -1.37. The lowest BCUT2D eigenvalue weighted by atomic mass is 10.1. The molecule has 4 nitrogen and oxygen atoms in total. The van der Waals surface area contributed by atoms with Crippen molar-refractivity contribution in [2.24, 2.45) is 5.73 Å². The molecule has 0 radical (unpaired) electrons. The molecule has 1 fully saturated rings. The molecule has 2 N–H and O–H groups in total. The van der Waals surface area contributed by atoms with Crippen LogP contribution < -0.4 is 10.5 Å². The van der Waals surface area contributed by atoms with Gasteiger partial charge in [0, 0.05) is 12.6 Å². The van der Waals surface area contributed by atoms with Crippen molar-refractivity contribution in [1.29, 1.82) is 0 Å². The molecule has 0 atom stereocenters. The number of piperidine rings is 1. The Balaban J connectivity index is 0.00000121. The smallest absolute Gasteiger partial charge is 0.279 e. The lowest BCUT2D eigenvalue weighted by Crippen LogP contribution is -2.39. The minimum atomic E-state index is 0. The van der Waals surface area contributed by atoms with Gasteiger partial charge in [0.15, 0.2) is 0 Å². The molecule has 0 unspecified atom stereocenters. The van der Waals surface area contributed by atoms with E-state index in [2.05, 4.69) is 28.1 Å². The van der Waals surface area contributed by atoms with E-state index in [9.17, 15) is 0 Å². The summed E-state index contributed by atoms with van der Waals surface area (Å²) in [4.78, 5) is 6.97. The molecule has 1 saturated heterocycles. The highest BCUT2D eigenvalue weighted by atomic mass is 35.5. The van der Waals surface area contributed by atoms with Crippen LogP contribution in [-0.2, 0) is 6.54 Å². The van der Waals surface area contributed by atoms with Crippen molar-refractivity contribution in [3.63, 3.8) is 0 Å². The zero-order valence-corrected chi connectivity index (χ0v) is 16.8. The molecule has 0 spiro atoms. The quantitative estimate of drug-likeness (QED) is 0.665. The van der Waals surface area contributed by atoms with Crippen molar-refractivity contribution in [3.05, 3.63) is 54.1 Å². The summed E-state index contributed by atoms with van der Waals surface area (Å²) in [6.07, 6.45) is 2.19. The summed E-state index contributed by atoms with van der Waals surface area (Å²) in [5, 5.41) is 0.689. The minimum Gasteiger partial charge on any atom is -0.431 e. The van der Waals surface area contributed by atoms with E-state index in [4.69, 9.17) is 10.5 Å². The lowest BCUT2D eigenvalue weighted by molar-refractivity contribution is 0.205. The summed E-state index contributed by atoms with van der Waals surface area (Å²) in [6, 6.07) is 16.8. The number of benzene rings is 2. The van der Waals surface area contributed by atoms with Crippen LogP contribution in [0, 0.1) is 0 Å². The SMILES string of the molecule is Cl.Cl.NC1CCN(Cc2ccc(Oc3nc4ccccc4s3)cc2)CC1. The molecule has 4 rings (SSSR count). The molecule has 1 aromatic heterocycles. The Morgan fingerprint density at radius 2 is 1.73 bits per heavy atom. The first-order chi connectivity index (χ1) is 11.8. The number of ether oxygens (including phenoxy) is 1. The van der Waals surface area contributed by atoms with Gasteiger partial charge in [-0.1, -0.05) is 35.6 Å². The summed E-state index contributed by atoms with van der Waals surface area (Å²) >= 11 is 1.57. The molecule has 0 aliphatic carbocycles. The number of para-hydroxylation sites is 1. The predicted octanol–water partition coefficient (Wildman–Crippen LogP) is 4.86. The number of hydrogen-bond donors (Lipinski definition) is 1. The summed E-state index contributed by atoms with van der Waals surface area (Å²) in [7, 11) is 0. The third-order valence-corrected chi connectivity index (χ3v) is 5.36. The fraction of sp³-hybridized carbons (Fsp3) is 0.316. The molecule has 3 aromatic rings.